The summed E-state index contributed by atoms with van der Waals surface area (Å²) in [4.78, 5) is 0. The van der Waals surface area contributed by atoms with E-state index < -0.39 is 43.2 Å². The largest absolute Gasteiger partial charge is 0.393 e. The second-order valence-electron chi connectivity index (χ2n) is 3.90. The lowest BCUT2D eigenvalue weighted by Crippen LogP contribution is -2.65. The molecule has 1 rings (SSSR count). The smallest absolute Gasteiger partial charge is 0.163 e. The molecule has 0 aromatic carbocycles. The number of ether oxygens (including phenoxy) is 2. The number of hydrogen-bond donors (Lipinski definition) is 4. The number of rotatable bonds is 3. The van der Waals surface area contributed by atoms with Gasteiger partial charge in [-0.15, -0.1) is 0 Å². The Morgan fingerprint density at radius 1 is 1.27 bits per heavy atom. The van der Waals surface area contributed by atoms with E-state index in [4.69, 9.17) is 19.7 Å². The molecule has 1 aliphatic heterocycles. The summed E-state index contributed by atoms with van der Waals surface area (Å²) in [6.45, 7) is 0.476. The first-order valence-corrected chi connectivity index (χ1v) is 4.81. The third-order valence-electron chi connectivity index (χ3n) is 2.95. The van der Waals surface area contributed by atoms with Crippen LogP contribution in [0.3, 0.4) is 0 Å². The molecule has 6 heteroatoms. The fourth-order valence-electron chi connectivity index (χ4n) is 1.74. The van der Waals surface area contributed by atoms with Crippen molar-refractivity contribution in [2.24, 2.45) is 5.92 Å². The van der Waals surface area contributed by atoms with Crippen molar-refractivity contribution in [1.82, 2.24) is 0 Å². The molecule has 1 aliphatic rings. The van der Waals surface area contributed by atoms with Gasteiger partial charge in [-0.2, -0.15) is 0 Å². The molecule has 15 heavy (non-hydrogen) atoms. The predicted octanol–water partition coefficient (Wildman–Crippen LogP) is -1.93. The van der Waals surface area contributed by atoms with Crippen LogP contribution in [0.15, 0.2) is 0 Å². The van der Waals surface area contributed by atoms with Gasteiger partial charge in [0.05, 0.1) is 19.3 Å². The summed E-state index contributed by atoms with van der Waals surface area (Å²) in [5, 5.41) is 37.7. The second kappa shape index (κ2) is 4.73. The Hall–Kier alpha value is -0.240. The summed E-state index contributed by atoms with van der Waals surface area (Å²) in [5.74, 6) is -0.434. The van der Waals surface area contributed by atoms with Gasteiger partial charge in [-0.05, 0) is 0 Å². The van der Waals surface area contributed by atoms with Gasteiger partial charge in [-0.1, -0.05) is 6.92 Å². The van der Waals surface area contributed by atoms with Crippen LogP contribution in [0, 0.1) is 5.92 Å². The lowest BCUT2D eigenvalue weighted by Gasteiger charge is -2.47. The Bertz CT molecular complexity index is 203. The molecule has 1 saturated heterocycles. The highest BCUT2D eigenvalue weighted by Crippen LogP contribution is 2.33. The number of aliphatic hydroxyl groups excluding tert-OH is 4. The molecule has 1 heterocycles. The Labute approximate surface area is 88.1 Å². The zero-order chi connectivity index (χ0) is 11.6. The molecule has 0 saturated carbocycles. The molecule has 90 valence electrons. The predicted molar refractivity (Wildman–Crippen MR) is 50.0 cm³/mol. The molecule has 0 spiro atoms. The van der Waals surface area contributed by atoms with Gasteiger partial charge in [0.15, 0.2) is 6.29 Å². The van der Waals surface area contributed by atoms with Gasteiger partial charge >= 0.3 is 0 Å². The van der Waals surface area contributed by atoms with Crippen LogP contribution in [0.4, 0.5) is 0 Å². The average Bonchev–Trinajstić information content (AvgIpc) is 2.27. The van der Waals surface area contributed by atoms with Crippen molar-refractivity contribution in [3.63, 3.8) is 0 Å². The molecule has 4 N–H and O–H groups in total. The van der Waals surface area contributed by atoms with E-state index in [9.17, 15) is 10.2 Å². The molecule has 6 nitrogen and oxygen atoms in total. The summed E-state index contributed by atoms with van der Waals surface area (Å²) >= 11 is 0. The lowest BCUT2D eigenvalue weighted by molar-refractivity contribution is -0.325. The minimum atomic E-state index is -1.56. The molecule has 0 amide bonds. The monoisotopic (exact) mass is 222 g/mol. The quantitative estimate of drug-likeness (QED) is 0.444. The van der Waals surface area contributed by atoms with Gasteiger partial charge in [-0.3, -0.25) is 0 Å². The van der Waals surface area contributed by atoms with Crippen LogP contribution in [0.5, 0.6) is 0 Å². The maximum absolute atomic E-state index is 9.72. The van der Waals surface area contributed by atoms with E-state index in [0.717, 1.165) is 0 Å². The highest BCUT2D eigenvalue weighted by Gasteiger charge is 2.52. The van der Waals surface area contributed by atoms with Gasteiger partial charge in [0.2, 0.25) is 0 Å². The van der Waals surface area contributed by atoms with Crippen LogP contribution in [0.25, 0.3) is 0 Å². The van der Waals surface area contributed by atoms with E-state index in [2.05, 4.69) is 0 Å². The van der Waals surface area contributed by atoms with E-state index in [-0.39, 0.29) is 0 Å². The molecule has 1 fully saturated rings. The molecule has 0 aromatic heterocycles. The zero-order valence-electron chi connectivity index (χ0n) is 8.83. The SMILES string of the molecule is CO[C@H]1OC(CO)(CO)[C@H](O)[C@H](O)[C@H]1C. The standard InChI is InChI=1S/C9H18O6/c1-5-6(12)7(13)9(3-10,4-11)15-8(5)14-2/h5-8,10-13H,3-4H2,1-2H3/t5-,6-,7-,8+/m1/s1. The molecule has 0 unspecified atom stereocenters. The third-order valence-corrected chi connectivity index (χ3v) is 2.95. The lowest BCUT2D eigenvalue weighted by atomic mass is 9.84. The fraction of sp³-hybridized carbons (Fsp3) is 1.00. The fourth-order valence-corrected chi connectivity index (χ4v) is 1.74. The molecular weight excluding hydrogens is 204 g/mol. The Kier molecular flexibility index (Phi) is 4.05. The molecule has 0 aromatic rings. The number of methoxy groups -OCH3 is 1. The third kappa shape index (κ3) is 2.01. The van der Waals surface area contributed by atoms with Crippen molar-refractivity contribution in [2.75, 3.05) is 20.3 Å². The average molecular weight is 222 g/mol. The highest BCUT2D eigenvalue weighted by molar-refractivity contribution is 4.98. The minimum Gasteiger partial charge on any atom is -0.393 e. The first-order valence-electron chi connectivity index (χ1n) is 4.81. The van der Waals surface area contributed by atoms with Crippen molar-refractivity contribution in [2.45, 2.75) is 31.0 Å². The first-order chi connectivity index (χ1) is 7.02. The van der Waals surface area contributed by atoms with Gasteiger partial charge in [0, 0.05) is 13.0 Å². The van der Waals surface area contributed by atoms with E-state index in [0.29, 0.717) is 0 Å². The van der Waals surface area contributed by atoms with Gasteiger partial charge in [0.1, 0.15) is 11.7 Å². The van der Waals surface area contributed by atoms with Crippen LogP contribution in [0.1, 0.15) is 6.92 Å². The van der Waals surface area contributed by atoms with Crippen LogP contribution in [-0.2, 0) is 9.47 Å². The van der Waals surface area contributed by atoms with E-state index in [1.165, 1.54) is 7.11 Å². The Morgan fingerprint density at radius 3 is 2.20 bits per heavy atom. The van der Waals surface area contributed by atoms with Gasteiger partial charge in [0.25, 0.3) is 0 Å². The van der Waals surface area contributed by atoms with Gasteiger partial charge in [-0.25, -0.2) is 0 Å². The normalized spacial score (nSPS) is 40.4. The maximum atomic E-state index is 9.72. The topological polar surface area (TPSA) is 99.4 Å². The Balaban J connectivity index is 2.91. The summed E-state index contributed by atoms with van der Waals surface area (Å²) in [7, 11) is 1.39. The zero-order valence-corrected chi connectivity index (χ0v) is 8.83. The van der Waals surface area contributed by atoms with E-state index >= 15 is 0 Å². The van der Waals surface area contributed by atoms with Crippen molar-refractivity contribution >= 4 is 0 Å². The summed E-state index contributed by atoms with van der Waals surface area (Å²) in [6.07, 6.45) is -3.21. The van der Waals surface area contributed by atoms with Crippen LogP contribution >= 0.6 is 0 Å². The number of aliphatic hydroxyl groups is 4. The first kappa shape index (κ1) is 12.8. The summed E-state index contributed by atoms with van der Waals surface area (Å²) < 4.78 is 10.2. The number of hydrogen-bond acceptors (Lipinski definition) is 6. The molecule has 4 atom stereocenters. The maximum Gasteiger partial charge on any atom is 0.163 e. The Morgan fingerprint density at radius 2 is 1.80 bits per heavy atom. The molecule has 0 radical (unpaired) electrons. The summed E-state index contributed by atoms with van der Waals surface area (Å²) in [6, 6.07) is 0. The van der Waals surface area contributed by atoms with Crippen molar-refractivity contribution in [1.29, 1.82) is 0 Å². The summed E-state index contributed by atoms with van der Waals surface area (Å²) in [5.41, 5.74) is -1.56. The molecular formula is C9H18O6. The van der Waals surface area contributed by atoms with Crippen molar-refractivity contribution in [3.8, 4) is 0 Å². The van der Waals surface area contributed by atoms with Gasteiger partial charge < -0.3 is 29.9 Å². The van der Waals surface area contributed by atoms with Crippen LogP contribution in [0.2, 0.25) is 0 Å². The minimum absolute atomic E-state index is 0.434. The van der Waals surface area contributed by atoms with E-state index in [1.54, 1.807) is 6.92 Å². The van der Waals surface area contributed by atoms with Crippen molar-refractivity contribution < 1.29 is 29.9 Å². The molecule has 0 bridgehead atoms. The van der Waals surface area contributed by atoms with Crippen molar-refractivity contribution in [3.05, 3.63) is 0 Å². The molecule has 0 aliphatic carbocycles. The van der Waals surface area contributed by atoms with Crippen LogP contribution in [-0.4, -0.2) is 64.8 Å². The van der Waals surface area contributed by atoms with E-state index in [1.807, 2.05) is 0 Å². The van der Waals surface area contributed by atoms with Crippen LogP contribution < -0.4 is 0 Å². The highest BCUT2D eigenvalue weighted by atomic mass is 16.7. The second-order valence-corrected chi connectivity index (χ2v) is 3.90.